The first-order valence-electron chi connectivity index (χ1n) is 6.21. The van der Waals surface area contributed by atoms with Gasteiger partial charge in [-0.05, 0) is 31.9 Å². The smallest absolute Gasteiger partial charge is 0.295 e. The van der Waals surface area contributed by atoms with Gasteiger partial charge in [-0.1, -0.05) is 6.92 Å². The average Bonchev–Trinajstić information content (AvgIpc) is 2.76. The van der Waals surface area contributed by atoms with Crippen LogP contribution < -0.4 is 0 Å². The number of alkyl halides is 3. The molecule has 3 nitrogen and oxygen atoms in total. The van der Waals surface area contributed by atoms with Crippen LogP contribution in [0.1, 0.15) is 31.4 Å². The maximum absolute atomic E-state index is 12.9. The van der Waals surface area contributed by atoms with E-state index in [1.165, 1.54) is 11.9 Å². The first-order chi connectivity index (χ1) is 8.41. The Hall–Kier alpha value is -1.04. The van der Waals surface area contributed by atoms with Gasteiger partial charge in [0.05, 0.1) is 12.2 Å². The van der Waals surface area contributed by atoms with E-state index in [1.54, 1.807) is 10.9 Å². The van der Waals surface area contributed by atoms with Crippen LogP contribution in [0.5, 0.6) is 0 Å². The second-order valence-corrected chi connectivity index (χ2v) is 4.90. The van der Waals surface area contributed by atoms with E-state index in [2.05, 4.69) is 5.10 Å². The molecule has 0 amide bonds. The first kappa shape index (κ1) is 13.4. The van der Waals surface area contributed by atoms with E-state index in [1.807, 2.05) is 13.1 Å². The van der Waals surface area contributed by atoms with Gasteiger partial charge in [-0.25, -0.2) is 0 Å². The Morgan fingerprint density at radius 2 is 2.17 bits per heavy atom. The summed E-state index contributed by atoms with van der Waals surface area (Å²) in [5, 5.41) is 4.18. The van der Waals surface area contributed by atoms with E-state index < -0.39 is 12.2 Å². The zero-order chi connectivity index (χ0) is 13.3. The van der Waals surface area contributed by atoms with Crippen LogP contribution in [-0.4, -0.2) is 40.5 Å². The summed E-state index contributed by atoms with van der Waals surface area (Å²) in [7, 11) is 1.54. The summed E-state index contributed by atoms with van der Waals surface area (Å²) in [6, 6.07) is -1.50. The van der Waals surface area contributed by atoms with Gasteiger partial charge in [0.2, 0.25) is 0 Å². The molecule has 1 saturated heterocycles. The van der Waals surface area contributed by atoms with Gasteiger partial charge in [-0.2, -0.15) is 18.3 Å². The second kappa shape index (κ2) is 4.91. The molecule has 102 valence electrons. The number of piperidine rings is 1. The van der Waals surface area contributed by atoms with E-state index >= 15 is 0 Å². The SMILES string of the molecule is CCc1cnn(C2CCN(C)C(C(F)(F)F)C2)c1. The molecule has 0 radical (unpaired) electrons. The van der Waals surface area contributed by atoms with Crippen molar-refractivity contribution >= 4 is 0 Å². The summed E-state index contributed by atoms with van der Waals surface area (Å²) in [6.45, 7) is 2.46. The third-order valence-electron chi connectivity index (χ3n) is 3.66. The number of nitrogens with zero attached hydrogens (tertiary/aromatic N) is 3. The second-order valence-electron chi connectivity index (χ2n) is 4.90. The van der Waals surface area contributed by atoms with Gasteiger partial charge < -0.3 is 0 Å². The molecule has 1 aromatic rings. The highest BCUT2D eigenvalue weighted by atomic mass is 19.4. The van der Waals surface area contributed by atoms with E-state index in [9.17, 15) is 13.2 Å². The van der Waals surface area contributed by atoms with Crippen LogP contribution in [0.2, 0.25) is 0 Å². The molecule has 0 aliphatic carbocycles. The molecule has 2 unspecified atom stereocenters. The fourth-order valence-electron chi connectivity index (χ4n) is 2.45. The number of hydrogen-bond acceptors (Lipinski definition) is 2. The molecule has 2 atom stereocenters. The minimum atomic E-state index is -4.16. The zero-order valence-electron chi connectivity index (χ0n) is 10.6. The monoisotopic (exact) mass is 261 g/mol. The highest BCUT2D eigenvalue weighted by Crippen LogP contribution is 2.35. The van der Waals surface area contributed by atoms with Crippen LogP contribution in [0.15, 0.2) is 12.4 Å². The van der Waals surface area contributed by atoms with Crippen molar-refractivity contribution < 1.29 is 13.2 Å². The van der Waals surface area contributed by atoms with Gasteiger partial charge in [0.1, 0.15) is 6.04 Å². The highest BCUT2D eigenvalue weighted by molar-refractivity contribution is 5.04. The lowest BCUT2D eigenvalue weighted by atomic mass is 9.97. The number of likely N-dealkylation sites (tertiary alicyclic amines) is 1. The van der Waals surface area contributed by atoms with Crippen LogP contribution >= 0.6 is 0 Å². The van der Waals surface area contributed by atoms with Crippen LogP contribution in [-0.2, 0) is 6.42 Å². The molecule has 0 aromatic carbocycles. The van der Waals surface area contributed by atoms with Gasteiger partial charge >= 0.3 is 6.18 Å². The summed E-state index contributed by atoms with van der Waals surface area (Å²) in [4.78, 5) is 1.39. The quantitative estimate of drug-likeness (QED) is 0.816. The van der Waals surface area contributed by atoms with E-state index in [0.29, 0.717) is 13.0 Å². The number of rotatable bonds is 2. The standard InChI is InChI=1S/C12H18F3N3/c1-3-9-7-16-18(8-9)10-4-5-17(2)11(6-10)12(13,14)15/h7-8,10-11H,3-6H2,1-2H3. The van der Waals surface area contributed by atoms with E-state index in [0.717, 1.165) is 12.0 Å². The Morgan fingerprint density at radius 1 is 1.44 bits per heavy atom. The predicted molar refractivity (Wildman–Crippen MR) is 62.3 cm³/mol. The summed E-state index contributed by atoms with van der Waals surface area (Å²) in [5.74, 6) is 0. The molecule has 2 heterocycles. The Bertz CT molecular complexity index is 400. The summed E-state index contributed by atoms with van der Waals surface area (Å²) in [5.41, 5.74) is 1.07. The molecule has 1 aliphatic heterocycles. The summed E-state index contributed by atoms with van der Waals surface area (Å²) in [6.07, 6.45) is 1.10. The number of aryl methyl sites for hydroxylation is 1. The normalized spacial score (nSPS) is 26.5. The van der Waals surface area contributed by atoms with Crippen molar-refractivity contribution in [3.05, 3.63) is 18.0 Å². The lowest BCUT2D eigenvalue weighted by Gasteiger charge is -2.37. The maximum Gasteiger partial charge on any atom is 0.404 e. The molecule has 0 bridgehead atoms. The topological polar surface area (TPSA) is 21.1 Å². The molecule has 6 heteroatoms. The Balaban J connectivity index is 2.11. The molecule has 1 fully saturated rings. The maximum atomic E-state index is 12.9. The third kappa shape index (κ3) is 2.68. The van der Waals surface area contributed by atoms with E-state index in [4.69, 9.17) is 0 Å². The largest absolute Gasteiger partial charge is 0.404 e. The molecule has 1 aromatic heterocycles. The third-order valence-corrected chi connectivity index (χ3v) is 3.66. The minimum Gasteiger partial charge on any atom is -0.295 e. The van der Waals surface area contributed by atoms with Crippen molar-refractivity contribution in [2.75, 3.05) is 13.6 Å². The summed E-state index contributed by atoms with van der Waals surface area (Å²) >= 11 is 0. The first-order valence-corrected chi connectivity index (χ1v) is 6.21. The summed E-state index contributed by atoms with van der Waals surface area (Å²) < 4.78 is 40.3. The lowest BCUT2D eigenvalue weighted by molar-refractivity contribution is -0.191. The van der Waals surface area contributed by atoms with Crippen LogP contribution in [0.3, 0.4) is 0 Å². The average molecular weight is 261 g/mol. The molecular formula is C12H18F3N3. The van der Waals surface area contributed by atoms with Crippen LogP contribution in [0.4, 0.5) is 13.2 Å². The van der Waals surface area contributed by atoms with Crippen molar-refractivity contribution in [1.29, 1.82) is 0 Å². The van der Waals surface area contributed by atoms with Gasteiger partial charge in [-0.3, -0.25) is 9.58 Å². The van der Waals surface area contributed by atoms with Gasteiger partial charge in [0, 0.05) is 12.7 Å². The Morgan fingerprint density at radius 3 is 2.72 bits per heavy atom. The number of aromatic nitrogens is 2. The minimum absolute atomic E-state index is 0.0881. The van der Waals surface area contributed by atoms with Crippen molar-refractivity contribution in [1.82, 2.24) is 14.7 Å². The molecule has 0 saturated carbocycles. The molecule has 0 N–H and O–H groups in total. The fourth-order valence-corrected chi connectivity index (χ4v) is 2.45. The molecule has 1 aliphatic rings. The van der Waals surface area contributed by atoms with Gasteiger partial charge in [0.15, 0.2) is 0 Å². The van der Waals surface area contributed by atoms with Gasteiger partial charge in [-0.15, -0.1) is 0 Å². The van der Waals surface area contributed by atoms with Crippen molar-refractivity contribution in [3.8, 4) is 0 Å². The molecule has 2 rings (SSSR count). The van der Waals surface area contributed by atoms with Gasteiger partial charge in [0.25, 0.3) is 0 Å². The number of hydrogen-bond donors (Lipinski definition) is 0. The molecule has 0 spiro atoms. The lowest BCUT2D eigenvalue weighted by Crippen LogP contribution is -2.49. The Kier molecular flexibility index (Phi) is 3.66. The number of halogens is 3. The van der Waals surface area contributed by atoms with Crippen LogP contribution in [0.25, 0.3) is 0 Å². The van der Waals surface area contributed by atoms with Crippen LogP contribution in [0, 0.1) is 0 Å². The van der Waals surface area contributed by atoms with Crippen molar-refractivity contribution in [2.24, 2.45) is 0 Å². The van der Waals surface area contributed by atoms with Crippen molar-refractivity contribution in [3.63, 3.8) is 0 Å². The Labute approximate surface area is 105 Å². The van der Waals surface area contributed by atoms with Crippen molar-refractivity contribution in [2.45, 2.75) is 44.4 Å². The molecular weight excluding hydrogens is 243 g/mol. The fraction of sp³-hybridized carbons (Fsp3) is 0.750. The van der Waals surface area contributed by atoms with E-state index in [-0.39, 0.29) is 12.5 Å². The predicted octanol–water partition coefficient (Wildman–Crippen LogP) is 2.64. The zero-order valence-corrected chi connectivity index (χ0v) is 10.6. The molecule has 18 heavy (non-hydrogen) atoms. The highest BCUT2D eigenvalue weighted by Gasteiger charge is 2.45.